The van der Waals surface area contributed by atoms with Gasteiger partial charge in [0.1, 0.15) is 0 Å². The molecule has 3 rings (SSSR count). The average molecular weight is 401 g/mol. The maximum atomic E-state index is 13.1. The summed E-state index contributed by atoms with van der Waals surface area (Å²) in [4.78, 5) is 12.8. The van der Waals surface area contributed by atoms with E-state index in [0.29, 0.717) is 36.2 Å². The monoisotopic (exact) mass is 400 g/mol. The van der Waals surface area contributed by atoms with Crippen LogP contribution in [0.1, 0.15) is 41.8 Å². The van der Waals surface area contributed by atoms with Crippen molar-refractivity contribution in [2.24, 2.45) is 11.8 Å². The van der Waals surface area contributed by atoms with Gasteiger partial charge in [0.05, 0.1) is 4.90 Å². The topological polar surface area (TPSA) is 66.5 Å². The molecular weight excluding hydrogens is 372 g/mol. The van der Waals surface area contributed by atoms with Crippen molar-refractivity contribution in [2.45, 2.75) is 39.0 Å². The van der Waals surface area contributed by atoms with Crippen molar-refractivity contribution in [1.82, 2.24) is 4.31 Å². The van der Waals surface area contributed by atoms with Gasteiger partial charge in [-0.25, -0.2) is 8.42 Å². The van der Waals surface area contributed by atoms with Crippen LogP contribution in [0.4, 0.5) is 5.69 Å². The molecule has 1 amide bonds. The Labute approximate surface area is 167 Å². The Morgan fingerprint density at radius 3 is 2.21 bits per heavy atom. The maximum absolute atomic E-state index is 13.1. The Hall–Kier alpha value is -2.18. The summed E-state index contributed by atoms with van der Waals surface area (Å²) in [6.07, 6.45) is 1.03. The summed E-state index contributed by atoms with van der Waals surface area (Å²) in [6, 6.07) is 12.1. The van der Waals surface area contributed by atoms with E-state index < -0.39 is 10.0 Å². The first kappa shape index (κ1) is 20.6. The number of amides is 1. The van der Waals surface area contributed by atoms with Gasteiger partial charge in [-0.15, -0.1) is 0 Å². The van der Waals surface area contributed by atoms with E-state index >= 15 is 0 Å². The van der Waals surface area contributed by atoms with Crippen molar-refractivity contribution in [3.05, 3.63) is 59.2 Å². The van der Waals surface area contributed by atoms with Crippen LogP contribution in [0.2, 0.25) is 0 Å². The van der Waals surface area contributed by atoms with Crippen LogP contribution >= 0.6 is 0 Å². The van der Waals surface area contributed by atoms with Gasteiger partial charge in [0.15, 0.2) is 0 Å². The quantitative estimate of drug-likeness (QED) is 0.835. The average Bonchev–Trinajstić information content (AvgIpc) is 2.60. The lowest BCUT2D eigenvalue weighted by atomic mass is 9.94. The van der Waals surface area contributed by atoms with Gasteiger partial charge in [0, 0.05) is 24.3 Å². The molecule has 5 nitrogen and oxygen atoms in total. The summed E-state index contributed by atoms with van der Waals surface area (Å²) < 4.78 is 27.7. The maximum Gasteiger partial charge on any atom is 0.255 e. The Morgan fingerprint density at radius 2 is 1.61 bits per heavy atom. The zero-order chi connectivity index (χ0) is 20.5. The smallest absolute Gasteiger partial charge is 0.255 e. The van der Waals surface area contributed by atoms with Crippen LogP contribution in [-0.4, -0.2) is 31.7 Å². The fraction of sp³-hybridized carbons (Fsp3) is 0.409. The Morgan fingerprint density at radius 1 is 1.00 bits per heavy atom. The lowest BCUT2D eigenvalue weighted by Gasteiger charge is -2.34. The molecular formula is C22H28N2O3S. The Kier molecular flexibility index (Phi) is 5.91. The molecule has 6 heteroatoms. The largest absolute Gasteiger partial charge is 0.322 e. The fourth-order valence-corrected chi connectivity index (χ4v) is 5.73. The highest BCUT2D eigenvalue weighted by atomic mass is 32.2. The van der Waals surface area contributed by atoms with Gasteiger partial charge >= 0.3 is 0 Å². The summed E-state index contributed by atoms with van der Waals surface area (Å²) in [5.41, 5.74) is 3.15. The molecule has 2 atom stereocenters. The van der Waals surface area contributed by atoms with E-state index in [9.17, 15) is 13.2 Å². The summed E-state index contributed by atoms with van der Waals surface area (Å²) in [6.45, 7) is 9.13. The fourth-order valence-electron chi connectivity index (χ4n) is 4.00. The number of rotatable bonds is 4. The van der Waals surface area contributed by atoms with Crippen molar-refractivity contribution < 1.29 is 13.2 Å². The number of hydrogen-bond acceptors (Lipinski definition) is 3. The molecule has 2 aromatic carbocycles. The number of carbonyl (C=O) groups excluding carboxylic acids is 1. The molecule has 0 saturated carbocycles. The number of hydrogen-bond donors (Lipinski definition) is 1. The highest BCUT2D eigenvalue weighted by molar-refractivity contribution is 7.89. The second kappa shape index (κ2) is 8.05. The number of anilines is 1. The van der Waals surface area contributed by atoms with Crippen LogP contribution in [0.3, 0.4) is 0 Å². The van der Waals surface area contributed by atoms with E-state index in [0.717, 1.165) is 17.5 Å². The minimum absolute atomic E-state index is 0.168. The van der Waals surface area contributed by atoms with E-state index in [1.165, 1.54) is 6.07 Å². The van der Waals surface area contributed by atoms with Crippen molar-refractivity contribution in [3.63, 3.8) is 0 Å². The molecule has 2 aromatic rings. The van der Waals surface area contributed by atoms with Gasteiger partial charge in [-0.2, -0.15) is 4.31 Å². The van der Waals surface area contributed by atoms with Crippen LogP contribution < -0.4 is 5.32 Å². The van der Waals surface area contributed by atoms with E-state index in [-0.39, 0.29) is 10.8 Å². The first-order valence-corrected chi connectivity index (χ1v) is 11.1. The van der Waals surface area contributed by atoms with Gasteiger partial charge in [-0.1, -0.05) is 26.0 Å². The molecule has 0 bridgehead atoms. The number of carbonyl (C=O) groups is 1. The standard InChI is InChI=1S/C22H28N2O3S/c1-15-8-16(2)11-20(10-15)23-22(25)19-6-5-7-21(12-19)28(26,27)24-13-17(3)9-18(4)14-24/h5-8,10-12,17-18H,9,13-14H2,1-4H3,(H,23,25). The summed E-state index contributed by atoms with van der Waals surface area (Å²) in [5.74, 6) is 0.339. The molecule has 1 aliphatic rings. The summed E-state index contributed by atoms with van der Waals surface area (Å²) in [5, 5.41) is 2.86. The first-order valence-electron chi connectivity index (χ1n) is 9.65. The SMILES string of the molecule is Cc1cc(C)cc(NC(=O)c2cccc(S(=O)(=O)N3CC(C)CC(C)C3)c2)c1. The zero-order valence-corrected chi connectivity index (χ0v) is 17.7. The number of aryl methyl sites for hydroxylation is 2. The summed E-state index contributed by atoms with van der Waals surface area (Å²) in [7, 11) is -3.62. The van der Waals surface area contributed by atoms with Crippen LogP contribution in [0, 0.1) is 25.7 Å². The number of sulfonamides is 1. The van der Waals surface area contributed by atoms with Crippen LogP contribution in [0.25, 0.3) is 0 Å². The molecule has 0 aromatic heterocycles. The summed E-state index contributed by atoms with van der Waals surface area (Å²) >= 11 is 0. The predicted octanol–water partition coefficient (Wildman–Crippen LogP) is 4.22. The van der Waals surface area contributed by atoms with Gasteiger partial charge < -0.3 is 5.32 Å². The third-order valence-corrected chi connectivity index (χ3v) is 6.88. The van der Waals surface area contributed by atoms with E-state index in [4.69, 9.17) is 0 Å². The van der Waals surface area contributed by atoms with Gasteiger partial charge in [0.25, 0.3) is 5.91 Å². The lowest BCUT2D eigenvalue weighted by molar-refractivity contribution is 0.102. The molecule has 0 spiro atoms. The van der Waals surface area contributed by atoms with E-state index in [2.05, 4.69) is 19.2 Å². The third-order valence-electron chi connectivity index (χ3n) is 5.05. The molecule has 28 heavy (non-hydrogen) atoms. The van der Waals surface area contributed by atoms with Gasteiger partial charge in [-0.05, 0) is 73.6 Å². The minimum atomic E-state index is -3.62. The Bertz CT molecular complexity index is 955. The van der Waals surface area contributed by atoms with Crippen molar-refractivity contribution >= 4 is 21.6 Å². The molecule has 1 fully saturated rings. The molecule has 0 aliphatic carbocycles. The second-order valence-corrected chi connectivity index (χ2v) is 10.1. The molecule has 150 valence electrons. The van der Waals surface area contributed by atoms with E-state index in [1.807, 2.05) is 32.0 Å². The van der Waals surface area contributed by atoms with Crippen molar-refractivity contribution in [1.29, 1.82) is 0 Å². The predicted molar refractivity (Wildman–Crippen MR) is 112 cm³/mol. The number of benzene rings is 2. The van der Waals surface area contributed by atoms with Crippen LogP contribution in [0.5, 0.6) is 0 Å². The van der Waals surface area contributed by atoms with Crippen molar-refractivity contribution in [3.8, 4) is 0 Å². The molecule has 1 aliphatic heterocycles. The van der Waals surface area contributed by atoms with Crippen LogP contribution in [-0.2, 0) is 10.0 Å². The number of nitrogens with one attached hydrogen (secondary N) is 1. The highest BCUT2D eigenvalue weighted by Crippen LogP contribution is 2.27. The van der Waals surface area contributed by atoms with Gasteiger partial charge in [0.2, 0.25) is 10.0 Å². The lowest BCUT2D eigenvalue weighted by Crippen LogP contribution is -2.42. The van der Waals surface area contributed by atoms with E-state index in [1.54, 1.807) is 22.5 Å². The molecule has 1 heterocycles. The second-order valence-electron chi connectivity index (χ2n) is 8.13. The molecule has 2 unspecified atom stereocenters. The zero-order valence-electron chi connectivity index (χ0n) is 16.9. The molecule has 0 radical (unpaired) electrons. The first-order chi connectivity index (χ1) is 13.1. The van der Waals surface area contributed by atoms with Crippen LogP contribution in [0.15, 0.2) is 47.4 Å². The Balaban J connectivity index is 1.84. The molecule has 1 saturated heterocycles. The van der Waals surface area contributed by atoms with Gasteiger partial charge in [-0.3, -0.25) is 4.79 Å². The number of nitrogens with zero attached hydrogens (tertiary/aromatic N) is 1. The third kappa shape index (κ3) is 4.62. The number of piperidine rings is 1. The van der Waals surface area contributed by atoms with Crippen molar-refractivity contribution in [2.75, 3.05) is 18.4 Å². The minimum Gasteiger partial charge on any atom is -0.322 e. The molecule has 1 N–H and O–H groups in total. The normalized spacial score (nSPS) is 20.7. The highest BCUT2D eigenvalue weighted by Gasteiger charge is 2.31.